The van der Waals surface area contributed by atoms with Gasteiger partial charge in [-0.1, -0.05) is 24.3 Å². The summed E-state index contributed by atoms with van der Waals surface area (Å²) in [4.78, 5) is 23.0. The van der Waals surface area contributed by atoms with Crippen LogP contribution in [0.5, 0.6) is 0 Å². The number of nitrogens with zero attached hydrogens (tertiary/aromatic N) is 2. The van der Waals surface area contributed by atoms with Crippen LogP contribution in [0.3, 0.4) is 0 Å². The molecule has 3 aliphatic rings. The second-order valence-corrected chi connectivity index (χ2v) is 8.35. The Bertz CT molecular complexity index is 1230. The van der Waals surface area contributed by atoms with E-state index in [1.807, 2.05) is 38.1 Å². The largest absolute Gasteiger partial charge is 0.275 e. The SMILES string of the molecule is Cc1cc2c(c(C)c1[N+](=O)[O-])C1c3ccccc3C2c2cc(C)c([N+](=O)[O-])c(C)c21. The Labute approximate surface area is 173 Å². The normalized spacial score (nSPS) is 17.9. The van der Waals surface area contributed by atoms with Gasteiger partial charge in [-0.3, -0.25) is 20.2 Å². The highest BCUT2D eigenvalue weighted by atomic mass is 16.6. The number of hydrogen-bond donors (Lipinski definition) is 0. The first kappa shape index (κ1) is 18.5. The first-order valence-corrected chi connectivity index (χ1v) is 9.89. The summed E-state index contributed by atoms with van der Waals surface area (Å²) in [6, 6.07) is 12.0. The Hall–Kier alpha value is -3.54. The fourth-order valence-corrected chi connectivity index (χ4v) is 5.84. The van der Waals surface area contributed by atoms with Crippen LogP contribution >= 0.6 is 0 Å². The standard InChI is InChI=1S/C24H20N2O4/c1-11-9-17-19(13(3)23(11)25(27)28)22-16-8-6-5-7-15(16)21(17)18-10-12(2)24(26(29)30)14(4)20(18)22/h5-10,21-22H,1-4H3. The predicted molar refractivity (Wildman–Crippen MR) is 113 cm³/mol. The summed E-state index contributed by atoms with van der Waals surface area (Å²) in [6.45, 7) is 7.19. The number of hydrogen-bond acceptors (Lipinski definition) is 4. The molecule has 0 atom stereocenters. The van der Waals surface area contributed by atoms with Gasteiger partial charge in [-0.25, -0.2) is 0 Å². The second kappa shape index (κ2) is 5.98. The highest BCUT2D eigenvalue weighted by Crippen LogP contribution is 2.59. The molecule has 3 aromatic rings. The Balaban J connectivity index is 1.94. The van der Waals surface area contributed by atoms with E-state index in [9.17, 15) is 20.2 Å². The molecular formula is C24H20N2O4. The minimum absolute atomic E-state index is 0.0763. The molecule has 0 saturated carbocycles. The van der Waals surface area contributed by atoms with Gasteiger partial charge in [-0.05, 0) is 73.2 Å². The number of benzene rings is 3. The van der Waals surface area contributed by atoms with E-state index < -0.39 is 0 Å². The average Bonchev–Trinajstić information content (AvgIpc) is 2.66. The highest BCUT2D eigenvalue weighted by molar-refractivity contribution is 5.75. The quantitative estimate of drug-likeness (QED) is 0.280. The van der Waals surface area contributed by atoms with Crippen molar-refractivity contribution in [1.29, 1.82) is 0 Å². The van der Waals surface area contributed by atoms with Gasteiger partial charge >= 0.3 is 0 Å². The third-order valence-electron chi connectivity index (χ3n) is 6.81. The van der Waals surface area contributed by atoms with Gasteiger partial charge in [0.05, 0.1) is 9.85 Å². The van der Waals surface area contributed by atoms with Crippen LogP contribution in [0.1, 0.15) is 67.5 Å². The smallest absolute Gasteiger partial charge is 0.258 e. The van der Waals surface area contributed by atoms with E-state index in [4.69, 9.17) is 0 Å². The molecule has 150 valence electrons. The van der Waals surface area contributed by atoms with Crippen molar-refractivity contribution in [3.05, 3.63) is 112 Å². The van der Waals surface area contributed by atoms with Crippen molar-refractivity contribution in [2.24, 2.45) is 0 Å². The van der Waals surface area contributed by atoms with Crippen molar-refractivity contribution in [3.8, 4) is 0 Å². The maximum absolute atomic E-state index is 11.8. The number of nitro groups is 2. The van der Waals surface area contributed by atoms with Crippen molar-refractivity contribution in [3.63, 3.8) is 0 Å². The van der Waals surface area contributed by atoms with Crippen molar-refractivity contribution < 1.29 is 9.85 Å². The van der Waals surface area contributed by atoms with Crippen LogP contribution in [-0.2, 0) is 0 Å². The lowest BCUT2D eigenvalue weighted by molar-refractivity contribution is -0.386. The van der Waals surface area contributed by atoms with Gasteiger partial charge in [-0.2, -0.15) is 0 Å². The van der Waals surface area contributed by atoms with Crippen LogP contribution in [0.2, 0.25) is 0 Å². The van der Waals surface area contributed by atoms with Gasteiger partial charge in [-0.15, -0.1) is 0 Å². The Morgan fingerprint density at radius 1 is 0.667 bits per heavy atom. The zero-order chi connectivity index (χ0) is 21.5. The third kappa shape index (κ3) is 2.13. The Kier molecular flexibility index (Phi) is 3.69. The van der Waals surface area contributed by atoms with Crippen molar-refractivity contribution in [1.82, 2.24) is 0 Å². The molecule has 6 rings (SSSR count). The van der Waals surface area contributed by atoms with E-state index in [-0.39, 0.29) is 33.1 Å². The second-order valence-electron chi connectivity index (χ2n) is 8.35. The van der Waals surface area contributed by atoms with E-state index in [0.717, 1.165) is 27.8 Å². The molecule has 0 heterocycles. The molecule has 0 spiro atoms. The summed E-state index contributed by atoms with van der Waals surface area (Å²) in [5.41, 5.74) is 9.21. The summed E-state index contributed by atoms with van der Waals surface area (Å²) < 4.78 is 0. The summed E-state index contributed by atoms with van der Waals surface area (Å²) in [7, 11) is 0. The monoisotopic (exact) mass is 400 g/mol. The fourth-order valence-electron chi connectivity index (χ4n) is 5.84. The van der Waals surface area contributed by atoms with Crippen LogP contribution in [-0.4, -0.2) is 9.85 Å². The van der Waals surface area contributed by atoms with Gasteiger partial charge in [0.15, 0.2) is 0 Å². The zero-order valence-electron chi connectivity index (χ0n) is 17.1. The summed E-state index contributed by atoms with van der Waals surface area (Å²) in [6.07, 6.45) is 0. The Morgan fingerprint density at radius 2 is 1.07 bits per heavy atom. The zero-order valence-corrected chi connectivity index (χ0v) is 17.1. The van der Waals surface area contributed by atoms with E-state index in [2.05, 4.69) is 12.1 Å². The van der Waals surface area contributed by atoms with E-state index in [1.54, 1.807) is 13.8 Å². The lowest BCUT2D eigenvalue weighted by Gasteiger charge is -2.43. The van der Waals surface area contributed by atoms with Gasteiger partial charge < -0.3 is 0 Å². The molecule has 0 aromatic heterocycles. The lowest BCUT2D eigenvalue weighted by Crippen LogP contribution is -2.30. The molecule has 0 fully saturated rings. The predicted octanol–water partition coefficient (Wildman–Crippen LogP) is 5.72. The van der Waals surface area contributed by atoms with Gasteiger partial charge in [0.25, 0.3) is 11.4 Å². The van der Waals surface area contributed by atoms with Crippen LogP contribution in [0.25, 0.3) is 0 Å². The van der Waals surface area contributed by atoms with Crippen LogP contribution in [0.15, 0.2) is 36.4 Å². The van der Waals surface area contributed by atoms with Crippen LogP contribution in [0, 0.1) is 47.9 Å². The highest BCUT2D eigenvalue weighted by Gasteiger charge is 2.46. The molecule has 0 N–H and O–H groups in total. The Morgan fingerprint density at radius 3 is 1.47 bits per heavy atom. The lowest BCUT2D eigenvalue weighted by atomic mass is 9.58. The molecule has 0 aliphatic heterocycles. The van der Waals surface area contributed by atoms with Gasteiger partial charge in [0.1, 0.15) is 0 Å². The van der Waals surface area contributed by atoms with Crippen molar-refractivity contribution in [2.45, 2.75) is 39.5 Å². The first-order valence-electron chi connectivity index (χ1n) is 9.89. The summed E-state index contributed by atoms with van der Waals surface area (Å²) in [5, 5.41) is 23.6. The number of aryl methyl sites for hydroxylation is 2. The summed E-state index contributed by atoms with van der Waals surface area (Å²) >= 11 is 0. The molecule has 6 heteroatoms. The molecule has 0 saturated heterocycles. The third-order valence-corrected chi connectivity index (χ3v) is 6.81. The molecule has 3 aliphatic carbocycles. The molecule has 0 amide bonds. The molecule has 6 nitrogen and oxygen atoms in total. The van der Waals surface area contributed by atoms with E-state index in [1.165, 1.54) is 5.56 Å². The first-order chi connectivity index (χ1) is 14.2. The molecule has 2 bridgehead atoms. The molecule has 30 heavy (non-hydrogen) atoms. The van der Waals surface area contributed by atoms with Gasteiger partial charge in [0.2, 0.25) is 0 Å². The minimum atomic E-state index is -0.315. The van der Waals surface area contributed by atoms with E-state index in [0.29, 0.717) is 22.3 Å². The maximum atomic E-state index is 11.8. The van der Waals surface area contributed by atoms with Crippen molar-refractivity contribution in [2.75, 3.05) is 0 Å². The van der Waals surface area contributed by atoms with Crippen LogP contribution < -0.4 is 0 Å². The molecule has 0 unspecified atom stereocenters. The maximum Gasteiger partial charge on any atom is 0.275 e. The van der Waals surface area contributed by atoms with Crippen molar-refractivity contribution >= 4 is 11.4 Å². The molecular weight excluding hydrogens is 380 g/mol. The average molecular weight is 400 g/mol. The minimum Gasteiger partial charge on any atom is -0.258 e. The fraction of sp³-hybridized carbons (Fsp3) is 0.250. The number of rotatable bonds is 2. The molecule has 0 radical (unpaired) electrons. The molecule has 3 aromatic carbocycles. The topological polar surface area (TPSA) is 86.3 Å². The number of nitro benzene ring substituents is 2. The van der Waals surface area contributed by atoms with Gasteiger partial charge in [0, 0.05) is 34.1 Å². The van der Waals surface area contributed by atoms with Crippen LogP contribution in [0.4, 0.5) is 11.4 Å². The van der Waals surface area contributed by atoms with E-state index >= 15 is 0 Å². The summed E-state index contributed by atoms with van der Waals surface area (Å²) in [5.74, 6) is -0.317.